The van der Waals surface area contributed by atoms with Crippen LogP contribution in [0.25, 0.3) is 17.0 Å². The summed E-state index contributed by atoms with van der Waals surface area (Å²) in [7, 11) is 1.62. The van der Waals surface area contributed by atoms with E-state index < -0.39 is 0 Å². The minimum Gasteiger partial charge on any atom is -0.497 e. The number of hydrogen-bond donors (Lipinski definition) is 0. The highest BCUT2D eigenvalue weighted by atomic mass is 32.2. The molecule has 9 heteroatoms. The van der Waals surface area contributed by atoms with Gasteiger partial charge in [-0.05, 0) is 29.8 Å². The third-order valence-electron chi connectivity index (χ3n) is 6.15. The Kier molecular flexibility index (Phi) is 6.90. The quantitative estimate of drug-likeness (QED) is 0.372. The Morgan fingerprint density at radius 2 is 1.89 bits per heavy atom. The molecule has 0 unspecified atom stereocenters. The Bertz CT molecular complexity index is 1310. The van der Waals surface area contributed by atoms with E-state index in [4.69, 9.17) is 21.7 Å². The number of amides is 2. The summed E-state index contributed by atoms with van der Waals surface area (Å²) in [6.45, 7) is 3.02. The second kappa shape index (κ2) is 10.2. The summed E-state index contributed by atoms with van der Waals surface area (Å²) >= 11 is 6.83. The molecule has 180 valence electrons. The van der Waals surface area contributed by atoms with Crippen LogP contribution in [0.15, 0.2) is 59.6 Å². The van der Waals surface area contributed by atoms with Gasteiger partial charge in [0.05, 0.1) is 31.8 Å². The lowest BCUT2D eigenvalue weighted by molar-refractivity contribution is -0.135. The standard InChI is InChI=1S/C26H25N3O4S2/c1-32-20-8-6-18(7-9-20)15-29-25(31)23(35-26(29)34)14-19-16-28(22-5-3-2-4-21(19)22)17-24(30)27-10-12-33-13-11-27/h2-9,14,16H,10-13,15,17H2,1H3/b23-14-. The zero-order valence-electron chi connectivity index (χ0n) is 19.3. The number of methoxy groups -OCH3 is 1. The van der Waals surface area contributed by atoms with Crippen molar-refractivity contribution in [3.8, 4) is 5.75 Å². The van der Waals surface area contributed by atoms with Gasteiger partial charge >= 0.3 is 0 Å². The average molecular weight is 508 g/mol. The van der Waals surface area contributed by atoms with Crippen molar-refractivity contribution < 1.29 is 19.1 Å². The molecule has 0 spiro atoms. The van der Waals surface area contributed by atoms with Crippen molar-refractivity contribution in [2.24, 2.45) is 0 Å². The number of nitrogens with zero attached hydrogens (tertiary/aromatic N) is 3. The van der Waals surface area contributed by atoms with Gasteiger partial charge in [-0.15, -0.1) is 0 Å². The van der Waals surface area contributed by atoms with Crippen molar-refractivity contribution in [3.63, 3.8) is 0 Å². The number of carbonyl (C=O) groups is 2. The number of thiocarbonyl (C=S) groups is 1. The topological polar surface area (TPSA) is 64.0 Å². The lowest BCUT2D eigenvalue weighted by Crippen LogP contribution is -2.42. The first-order valence-corrected chi connectivity index (χ1v) is 12.6. The molecule has 0 radical (unpaired) electrons. The Morgan fingerprint density at radius 3 is 2.63 bits per heavy atom. The van der Waals surface area contributed by atoms with Gasteiger partial charge < -0.3 is 18.9 Å². The molecular formula is C26H25N3O4S2. The van der Waals surface area contributed by atoms with Crippen LogP contribution in [-0.4, -0.2) is 63.9 Å². The van der Waals surface area contributed by atoms with Crippen LogP contribution in [0.2, 0.25) is 0 Å². The van der Waals surface area contributed by atoms with E-state index in [2.05, 4.69) is 0 Å². The molecule has 2 fully saturated rings. The zero-order valence-corrected chi connectivity index (χ0v) is 20.9. The minimum absolute atomic E-state index is 0.0615. The van der Waals surface area contributed by atoms with Gasteiger partial charge in [0.1, 0.15) is 16.6 Å². The predicted molar refractivity (Wildman–Crippen MR) is 141 cm³/mol. The molecule has 0 N–H and O–H groups in total. The van der Waals surface area contributed by atoms with Crippen molar-refractivity contribution in [1.29, 1.82) is 0 Å². The molecule has 35 heavy (non-hydrogen) atoms. The molecule has 3 heterocycles. The fourth-order valence-corrected chi connectivity index (χ4v) is 5.52. The zero-order chi connectivity index (χ0) is 24.4. The smallest absolute Gasteiger partial charge is 0.266 e. The first-order chi connectivity index (χ1) is 17.0. The van der Waals surface area contributed by atoms with Gasteiger partial charge in [-0.25, -0.2) is 0 Å². The first kappa shape index (κ1) is 23.6. The van der Waals surface area contributed by atoms with E-state index in [9.17, 15) is 9.59 Å². The second-order valence-corrected chi connectivity index (χ2v) is 10.0. The van der Waals surface area contributed by atoms with Crippen LogP contribution >= 0.6 is 24.0 Å². The molecule has 2 aliphatic rings. The van der Waals surface area contributed by atoms with E-state index in [0.29, 0.717) is 42.1 Å². The van der Waals surface area contributed by atoms with Gasteiger partial charge in [-0.3, -0.25) is 14.5 Å². The summed E-state index contributed by atoms with van der Waals surface area (Å²) in [6.07, 6.45) is 3.82. The van der Waals surface area contributed by atoms with Gasteiger partial charge in [0.25, 0.3) is 5.91 Å². The van der Waals surface area contributed by atoms with Crippen LogP contribution in [-0.2, 0) is 27.4 Å². The highest BCUT2D eigenvalue weighted by Crippen LogP contribution is 2.35. The maximum Gasteiger partial charge on any atom is 0.266 e. The van der Waals surface area contributed by atoms with Gasteiger partial charge in [0.15, 0.2) is 0 Å². The number of aromatic nitrogens is 1. The summed E-state index contributed by atoms with van der Waals surface area (Å²) < 4.78 is 13.1. The van der Waals surface area contributed by atoms with Crippen molar-refractivity contribution in [2.75, 3.05) is 33.4 Å². The number of morpholine rings is 1. The lowest BCUT2D eigenvalue weighted by Gasteiger charge is -2.27. The Labute approximate surface area is 213 Å². The van der Waals surface area contributed by atoms with Crippen molar-refractivity contribution in [3.05, 3.63) is 70.8 Å². The van der Waals surface area contributed by atoms with E-state index in [1.54, 1.807) is 12.0 Å². The van der Waals surface area contributed by atoms with Gasteiger partial charge in [0, 0.05) is 35.8 Å². The van der Waals surface area contributed by atoms with Crippen LogP contribution in [0.1, 0.15) is 11.1 Å². The molecule has 0 saturated carbocycles. The number of fused-ring (bicyclic) bond motifs is 1. The second-order valence-electron chi connectivity index (χ2n) is 8.34. The molecular weight excluding hydrogens is 482 g/mol. The maximum atomic E-state index is 13.2. The summed E-state index contributed by atoms with van der Waals surface area (Å²) in [5, 5.41) is 0.989. The van der Waals surface area contributed by atoms with E-state index >= 15 is 0 Å². The summed E-state index contributed by atoms with van der Waals surface area (Å²) in [5.74, 6) is 0.714. The third-order valence-corrected chi connectivity index (χ3v) is 7.53. The van der Waals surface area contributed by atoms with Crippen LogP contribution in [0.3, 0.4) is 0 Å². The molecule has 2 aromatic carbocycles. The molecule has 2 saturated heterocycles. The van der Waals surface area contributed by atoms with Crippen LogP contribution in [0.5, 0.6) is 5.75 Å². The average Bonchev–Trinajstić information content (AvgIpc) is 3.36. The molecule has 0 bridgehead atoms. The molecule has 7 nitrogen and oxygen atoms in total. The van der Waals surface area contributed by atoms with Crippen LogP contribution in [0, 0.1) is 0 Å². The number of carbonyl (C=O) groups excluding carboxylic acids is 2. The minimum atomic E-state index is -0.114. The Hall–Kier alpha value is -3.14. The highest BCUT2D eigenvalue weighted by molar-refractivity contribution is 8.26. The SMILES string of the molecule is COc1ccc(CN2C(=O)/C(=C/c3cn(CC(=O)N4CCOCC4)c4ccccc34)SC2=S)cc1. The normalized spacial score (nSPS) is 17.6. The van der Waals surface area contributed by atoms with Gasteiger partial charge in [-0.2, -0.15) is 0 Å². The number of thioether (sulfide) groups is 1. The first-order valence-electron chi connectivity index (χ1n) is 11.3. The van der Waals surface area contributed by atoms with Crippen molar-refractivity contribution in [2.45, 2.75) is 13.1 Å². The summed E-state index contributed by atoms with van der Waals surface area (Å²) in [5.41, 5.74) is 2.82. The monoisotopic (exact) mass is 507 g/mol. The number of para-hydroxylation sites is 1. The molecule has 2 aliphatic heterocycles. The fourth-order valence-electron chi connectivity index (χ4n) is 4.27. The van der Waals surface area contributed by atoms with E-state index in [-0.39, 0.29) is 18.4 Å². The van der Waals surface area contributed by atoms with Crippen molar-refractivity contribution in [1.82, 2.24) is 14.4 Å². The Morgan fingerprint density at radius 1 is 1.14 bits per heavy atom. The molecule has 5 rings (SSSR count). The highest BCUT2D eigenvalue weighted by Gasteiger charge is 2.32. The fraction of sp³-hybridized carbons (Fsp3) is 0.269. The summed E-state index contributed by atoms with van der Waals surface area (Å²) in [4.78, 5) is 30.1. The molecule has 0 aliphatic carbocycles. The lowest BCUT2D eigenvalue weighted by atomic mass is 10.1. The largest absolute Gasteiger partial charge is 0.497 e. The van der Waals surface area contributed by atoms with E-state index in [1.807, 2.05) is 70.3 Å². The third kappa shape index (κ3) is 4.98. The van der Waals surface area contributed by atoms with Gasteiger partial charge in [0.2, 0.25) is 5.91 Å². The predicted octanol–water partition coefficient (Wildman–Crippen LogP) is 3.91. The molecule has 1 aromatic heterocycles. The number of rotatable bonds is 6. The number of hydrogen-bond acceptors (Lipinski definition) is 6. The molecule has 0 atom stereocenters. The molecule has 3 aromatic rings. The van der Waals surface area contributed by atoms with E-state index in [0.717, 1.165) is 27.8 Å². The molecule has 2 amide bonds. The van der Waals surface area contributed by atoms with Crippen LogP contribution < -0.4 is 4.74 Å². The van der Waals surface area contributed by atoms with Crippen LogP contribution in [0.4, 0.5) is 0 Å². The number of benzene rings is 2. The summed E-state index contributed by atoms with van der Waals surface area (Å²) in [6, 6.07) is 15.5. The van der Waals surface area contributed by atoms with Gasteiger partial charge in [-0.1, -0.05) is 54.3 Å². The number of ether oxygens (including phenoxy) is 2. The van der Waals surface area contributed by atoms with E-state index in [1.165, 1.54) is 11.8 Å². The maximum absolute atomic E-state index is 13.2. The van der Waals surface area contributed by atoms with Crippen molar-refractivity contribution >= 4 is 57.1 Å². The Balaban J connectivity index is 1.38.